The third kappa shape index (κ3) is 1.31. The van der Waals surface area contributed by atoms with E-state index in [1.807, 2.05) is 0 Å². The van der Waals surface area contributed by atoms with Crippen LogP contribution in [0.4, 0.5) is 0 Å². The second kappa shape index (κ2) is 3.23. The van der Waals surface area contributed by atoms with E-state index < -0.39 is 17.1 Å². The summed E-state index contributed by atoms with van der Waals surface area (Å²) < 4.78 is -1.03. The summed E-state index contributed by atoms with van der Waals surface area (Å²) in [5.74, 6) is 0. The van der Waals surface area contributed by atoms with Crippen molar-refractivity contribution in [3.05, 3.63) is 5.21 Å². The molecule has 7 nitrogen and oxygen atoms in total. The van der Waals surface area contributed by atoms with Crippen LogP contribution in [-0.2, 0) is 0 Å². The molecule has 72 valence electrons. The Labute approximate surface area is 69.9 Å². The van der Waals surface area contributed by atoms with E-state index >= 15 is 0 Å². The summed E-state index contributed by atoms with van der Waals surface area (Å²) in [7, 11) is 0. The lowest BCUT2D eigenvalue weighted by atomic mass is 10.5. The van der Waals surface area contributed by atoms with Crippen LogP contribution in [-0.4, -0.2) is 52.2 Å². The van der Waals surface area contributed by atoms with Crippen LogP contribution in [0.25, 0.3) is 0 Å². The SMILES string of the molecule is NCN1C[N+]([O-])(CN)C(O)C1O. The Morgan fingerprint density at radius 3 is 2.33 bits per heavy atom. The van der Waals surface area contributed by atoms with Gasteiger partial charge in [0.05, 0.1) is 6.67 Å². The quantitative estimate of drug-likeness (QED) is 0.265. The third-order valence-electron chi connectivity index (χ3n) is 2.09. The Morgan fingerprint density at radius 1 is 1.50 bits per heavy atom. The number of nitrogens with two attached hydrogens (primary N) is 2. The van der Waals surface area contributed by atoms with Gasteiger partial charge in [-0.1, -0.05) is 0 Å². The van der Waals surface area contributed by atoms with E-state index in [-0.39, 0.29) is 20.0 Å². The van der Waals surface area contributed by atoms with E-state index in [9.17, 15) is 15.4 Å². The summed E-state index contributed by atoms with van der Waals surface area (Å²) in [5.41, 5.74) is 10.4. The Balaban J connectivity index is 2.72. The molecule has 1 aliphatic rings. The van der Waals surface area contributed by atoms with Crippen LogP contribution in [0, 0.1) is 5.21 Å². The van der Waals surface area contributed by atoms with Gasteiger partial charge in [-0.2, -0.15) is 0 Å². The van der Waals surface area contributed by atoms with Crippen molar-refractivity contribution in [3.63, 3.8) is 0 Å². The number of hydrogen-bond donors (Lipinski definition) is 4. The smallest absolute Gasteiger partial charge is 0.233 e. The van der Waals surface area contributed by atoms with Crippen LogP contribution in [0.5, 0.6) is 0 Å². The lowest BCUT2D eigenvalue weighted by molar-refractivity contribution is -0.919. The zero-order valence-corrected chi connectivity index (χ0v) is 6.63. The fourth-order valence-electron chi connectivity index (χ4n) is 1.24. The van der Waals surface area contributed by atoms with Crippen molar-refractivity contribution in [2.75, 3.05) is 20.0 Å². The molecule has 0 bridgehead atoms. The van der Waals surface area contributed by atoms with Crippen molar-refractivity contribution >= 4 is 0 Å². The van der Waals surface area contributed by atoms with E-state index in [1.54, 1.807) is 0 Å². The van der Waals surface area contributed by atoms with Crippen molar-refractivity contribution in [1.82, 2.24) is 4.90 Å². The molecule has 0 aromatic carbocycles. The molecule has 0 aromatic rings. The molecule has 3 unspecified atom stereocenters. The molecule has 0 spiro atoms. The first-order chi connectivity index (χ1) is 5.55. The molecule has 0 amide bonds. The standard InChI is InChI=1S/C5H14N4O3/c6-1-8-3-9(12,2-7)5(11)4(8)10/h4-5,10-11H,1-3,6-7H2. The van der Waals surface area contributed by atoms with Crippen LogP contribution in [0.3, 0.4) is 0 Å². The zero-order chi connectivity index (χ0) is 9.35. The minimum absolute atomic E-state index is 0.0282. The number of aliphatic hydroxyl groups excluding tert-OH is 2. The van der Waals surface area contributed by atoms with E-state index in [0.717, 1.165) is 0 Å². The van der Waals surface area contributed by atoms with Crippen molar-refractivity contribution in [3.8, 4) is 0 Å². The Bertz CT molecular complexity index is 169. The average molecular weight is 178 g/mol. The topological polar surface area (TPSA) is 119 Å². The molecule has 0 saturated carbocycles. The molecule has 0 aromatic heterocycles. The summed E-state index contributed by atoms with van der Waals surface area (Å²) >= 11 is 0. The first-order valence-electron chi connectivity index (χ1n) is 3.63. The maximum atomic E-state index is 11.5. The maximum absolute atomic E-state index is 11.5. The van der Waals surface area contributed by atoms with E-state index in [4.69, 9.17) is 11.5 Å². The monoisotopic (exact) mass is 178 g/mol. The molecule has 3 atom stereocenters. The van der Waals surface area contributed by atoms with Gasteiger partial charge >= 0.3 is 0 Å². The van der Waals surface area contributed by atoms with Crippen molar-refractivity contribution in [2.24, 2.45) is 11.5 Å². The summed E-state index contributed by atoms with van der Waals surface area (Å²) in [6.45, 7) is -0.315. The average Bonchev–Trinajstić information content (AvgIpc) is 2.31. The van der Waals surface area contributed by atoms with Gasteiger partial charge < -0.3 is 25.8 Å². The maximum Gasteiger partial charge on any atom is 0.233 e. The summed E-state index contributed by atoms with van der Waals surface area (Å²) in [4.78, 5) is 1.27. The van der Waals surface area contributed by atoms with Crippen LogP contribution >= 0.6 is 0 Å². The van der Waals surface area contributed by atoms with Crippen molar-refractivity contribution < 1.29 is 14.9 Å². The predicted octanol–water partition coefficient (Wildman–Crippen LogP) is -2.96. The predicted molar refractivity (Wildman–Crippen MR) is 40.5 cm³/mol. The summed E-state index contributed by atoms with van der Waals surface area (Å²) in [5, 5.41) is 30.0. The number of hydrogen-bond acceptors (Lipinski definition) is 6. The van der Waals surface area contributed by atoms with Gasteiger partial charge in [0.25, 0.3) is 0 Å². The van der Waals surface area contributed by atoms with Crippen molar-refractivity contribution in [2.45, 2.75) is 12.5 Å². The van der Waals surface area contributed by atoms with Crippen LogP contribution in [0.2, 0.25) is 0 Å². The Morgan fingerprint density at radius 2 is 2.08 bits per heavy atom. The molecule has 1 heterocycles. The second-order valence-electron chi connectivity index (χ2n) is 2.87. The zero-order valence-electron chi connectivity index (χ0n) is 6.63. The van der Waals surface area contributed by atoms with Gasteiger partial charge in [0.1, 0.15) is 13.3 Å². The molecule has 7 heteroatoms. The number of hydroxylamine groups is 3. The highest BCUT2D eigenvalue weighted by atomic mass is 16.6. The molecule has 1 aliphatic heterocycles. The van der Waals surface area contributed by atoms with Gasteiger partial charge in [-0.3, -0.25) is 5.73 Å². The van der Waals surface area contributed by atoms with E-state index in [1.165, 1.54) is 4.90 Å². The minimum Gasteiger partial charge on any atom is -0.629 e. The van der Waals surface area contributed by atoms with Crippen LogP contribution in [0.15, 0.2) is 0 Å². The van der Waals surface area contributed by atoms with E-state index in [0.29, 0.717) is 0 Å². The lowest BCUT2D eigenvalue weighted by Gasteiger charge is -2.38. The summed E-state index contributed by atoms with van der Waals surface area (Å²) in [6.07, 6.45) is -2.63. The van der Waals surface area contributed by atoms with E-state index in [2.05, 4.69) is 0 Å². The Hall–Kier alpha value is -0.280. The highest BCUT2D eigenvalue weighted by Gasteiger charge is 2.45. The molecule has 0 aliphatic carbocycles. The lowest BCUT2D eigenvalue weighted by Crippen LogP contribution is -2.52. The second-order valence-corrected chi connectivity index (χ2v) is 2.87. The Kier molecular flexibility index (Phi) is 2.64. The number of nitrogens with zero attached hydrogens (tertiary/aromatic N) is 2. The highest BCUT2D eigenvalue weighted by molar-refractivity contribution is 4.68. The molecule has 1 saturated heterocycles. The van der Waals surface area contributed by atoms with Crippen LogP contribution < -0.4 is 11.5 Å². The minimum atomic E-state index is -1.42. The van der Waals surface area contributed by atoms with Gasteiger partial charge in [0.2, 0.25) is 6.23 Å². The first-order valence-corrected chi connectivity index (χ1v) is 3.63. The molecule has 1 fully saturated rings. The third-order valence-corrected chi connectivity index (χ3v) is 2.09. The van der Waals surface area contributed by atoms with Gasteiger partial charge in [0.15, 0.2) is 6.23 Å². The van der Waals surface area contributed by atoms with Crippen LogP contribution in [0.1, 0.15) is 0 Å². The fraction of sp³-hybridized carbons (Fsp3) is 1.00. The number of quaternary nitrogens is 1. The van der Waals surface area contributed by atoms with Crippen molar-refractivity contribution in [1.29, 1.82) is 0 Å². The largest absolute Gasteiger partial charge is 0.629 e. The number of aliphatic hydroxyl groups is 2. The molecular formula is C5H14N4O3. The molecule has 1 rings (SSSR count). The van der Waals surface area contributed by atoms with Gasteiger partial charge in [-0.05, 0) is 0 Å². The molecule has 0 radical (unpaired) electrons. The fourth-order valence-corrected chi connectivity index (χ4v) is 1.24. The number of rotatable bonds is 2. The molecule has 6 N–H and O–H groups in total. The first kappa shape index (κ1) is 9.81. The summed E-state index contributed by atoms with van der Waals surface area (Å²) in [6, 6.07) is 0. The van der Waals surface area contributed by atoms with Gasteiger partial charge in [-0.25, -0.2) is 4.90 Å². The normalized spacial score (nSPS) is 43.8. The molecule has 12 heavy (non-hydrogen) atoms. The van der Waals surface area contributed by atoms with Gasteiger partial charge in [0, 0.05) is 0 Å². The molecular weight excluding hydrogens is 164 g/mol. The highest BCUT2D eigenvalue weighted by Crippen LogP contribution is 2.22. The van der Waals surface area contributed by atoms with Gasteiger partial charge in [-0.15, -0.1) is 0 Å².